The van der Waals surface area contributed by atoms with Crippen molar-refractivity contribution in [1.29, 1.82) is 0 Å². The first-order valence-electron chi connectivity index (χ1n) is 11.4. The zero-order valence-electron chi connectivity index (χ0n) is 20.2. The van der Waals surface area contributed by atoms with E-state index in [2.05, 4.69) is 75.6 Å². The van der Waals surface area contributed by atoms with Gasteiger partial charge >= 0.3 is 0 Å². The number of aromatic nitrogens is 1. The number of hydrogen-bond donors (Lipinski definition) is 0. The van der Waals surface area contributed by atoms with Crippen molar-refractivity contribution in [1.82, 2.24) is 4.98 Å². The molecule has 0 saturated heterocycles. The van der Waals surface area contributed by atoms with E-state index in [9.17, 15) is 0 Å². The Balaban J connectivity index is 1.76. The average molecular weight is 430 g/mol. The maximum absolute atomic E-state index is 6.13. The molecule has 168 valence electrons. The molecule has 0 aliphatic rings. The fourth-order valence-electron chi connectivity index (χ4n) is 3.90. The highest BCUT2D eigenvalue weighted by molar-refractivity contribution is 5.66. The molecule has 0 unspecified atom stereocenters. The lowest BCUT2D eigenvalue weighted by Gasteiger charge is -2.31. The van der Waals surface area contributed by atoms with Crippen molar-refractivity contribution in [3.05, 3.63) is 90.4 Å². The quantitative estimate of drug-likeness (QED) is 0.343. The van der Waals surface area contributed by atoms with Crippen molar-refractivity contribution in [2.75, 3.05) is 30.5 Å². The van der Waals surface area contributed by atoms with Crippen molar-refractivity contribution in [3.63, 3.8) is 0 Å². The molecule has 0 N–H and O–H groups in total. The molecule has 1 heterocycles. The number of benzene rings is 2. The SMILES string of the molecule is CC(C)c1cccc(C(C)C)c1N(C)[C]N(C)c1ccccc1OCCc1ccccn1. The minimum absolute atomic E-state index is 0.431. The van der Waals surface area contributed by atoms with Crippen LogP contribution < -0.4 is 14.5 Å². The Morgan fingerprint density at radius 3 is 2.09 bits per heavy atom. The second-order valence-corrected chi connectivity index (χ2v) is 8.70. The summed E-state index contributed by atoms with van der Waals surface area (Å²) in [6.07, 6.45) is 2.59. The van der Waals surface area contributed by atoms with Gasteiger partial charge in [0.05, 0.1) is 12.3 Å². The van der Waals surface area contributed by atoms with Gasteiger partial charge in [0.2, 0.25) is 6.67 Å². The van der Waals surface area contributed by atoms with E-state index in [0.717, 1.165) is 23.6 Å². The zero-order chi connectivity index (χ0) is 23.1. The minimum Gasteiger partial charge on any atom is -0.491 e. The van der Waals surface area contributed by atoms with E-state index < -0.39 is 0 Å². The Morgan fingerprint density at radius 2 is 1.47 bits per heavy atom. The first-order chi connectivity index (χ1) is 15.4. The number of anilines is 2. The highest BCUT2D eigenvalue weighted by Crippen LogP contribution is 2.36. The fourth-order valence-corrected chi connectivity index (χ4v) is 3.90. The summed E-state index contributed by atoms with van der Waals surface area (Å²) >= 11 is 0. The third-order valence-electron chi connectivity index (χ3n) is 5.55. The normalized spacial score (nSPS) is 11.1. The molecule has 2 aromatic carbocycles. The molecule has 0 amide bonds. The molecular weight excluding hydrogens is 394 g/mol. The molecule has 0 fully saturated rings. The number of hydrogen-bond acceptors (Lipinski definition) is 4. The minimum atomic E-state index is 0.431. The van der Waals surface area contributed by atoms with Crippen LogP contribution in [0, 0.1) is 6.67 Å². The van der Waals surface area contributed by atoms with Gasteiger partial charge in [0.15, 0.2) is 0 Å². The largest absolute Gasteiger partial charge is 0.491 e. The number of rotatable bonds is 10. The summed E-state index contributed by atoms with van der Waals surface area (Å²) in [6, 6.07) is 20.7. The van der Waals surface area contributed by atoms with Gasteiger partial charge < -0.3 is 14.5 Å². The van der Waals surface area contributed by atoms with Crippen LogP contribution >= 0.6 is 0 Å². The highest BCUT2D eigenvalue weighted by Gasteiger charge is 2.20. The first-order valence-corrected chi connectivity index (χ1v) is 11.4. The third kappa shape index (κ3) is 5.82. The van der Waals surface area contributed by atoms with Crippen LogP contribution in [0.5, 0.6) is 5.75 Å². The van der Waals surface area contributed by atoms with Crippen molar-refractivity contribution in [2.45, 2.75) is 46.0 Å². The van der Waals surface area contributed by atoms with Gasteiger partial charge in [-0.2, -0.15) is 0 Å². The van der Waals surface area contributed by atoms with Crippen LogP contribution in [0.3, 0.4) is 0 Å². The van der Waals surface area contributed by atoms with Gasteiger partial charge in [-0.05, 0) is 47.2 Å². The zero-order valence-corrected chi connectivity index (χ0v) is 20.2. The summed E-state index contributed by atoms with van der Waals surface area (Å²) in [6.45, 7) is 13.1. The van der Waals surface area contributed by atoms with Crippen LogP contribution in [-0.4, -0.2) is 25.7 Å². The van der Waals surface area contributed by atoms with Crippen molar-refractivity contribution in [3.8, 4) is 5.75 Å². The summed E-state index contributed by atoms with van der Waals surface area (Å²) < 4.78 is 6.13. The maximum atomic E-state index is 6.13. The molecule has 0 aliphatic heterocycles. The van der Waals surface area contributed by atoms with Gasteiger partial charge in [0.1, 0.15) is 5.75 Å². The summed E-state index contributed by atoms with van der Waals surface area (Å²) in [5, 5.41) is 0. The molecule has 4 heteroatoms. The number of para-hydroxylation sites is 3. The van der Waals surface area contributed by atoms with Gasteiger partial charge in [-0.15, -0.1) is 0 Å². The average Bonchev–Trinajstić information content (AvgIpc) is 2.79. The summed E-state index contributed by atoms with van der Waals surface area (Å²) in [5.41, 5.74) is 5.91. The number of ether oxygens (including phenoxy) is 1. The van der Waals surface area contributed by atoms with E-state index in [0.29, 0.717) is 18.4 Å². The van der Waals surface area contributed by atoms with Gasteiger partial charge in [-0.25, -0.2) is 0 Å². The van der Waals surface area contributed by atoms with Crippen molar-refractivity contribution < 1.29 is 4.74 Å². The standard InChI is InChI=1S/C28H35N3O/c1-21(2)24-13-11-14-25(22(3)4)28(24)31(6)20-30(5)26-15-7-8-16-27(26)32-19-17-23-12-9-10-18-29-23/h7-16,18,21-22H,17,19H2,1-6H3. The molecule has 0 bridgehead atoms. The lowest BCUT2D eigenvalue weighted by atomic mass is 9.92. The van der Waals surface area contributed by atoms with E-state index in [1.165, 1.54) is 16.8 Å². The topological polar surface area (TPSA) is 28.6 Å². The molecule has 0 atom stereocenters. The lowest BCUT2D eigenvalue weighted by Crippen LogP contribution is -2.29. The Morgan fingerprint density at radius 1 is 0.812 bits per heavy atom. The Bertz CT molecular complexity index is 959. The predicted molar refractivity (Wildman–Crippen MR) is 135 cm³/mol. The Kier molecular flexibility index (Phi) is 8.15. The van der Waals surface area contributed by atoms with E-state index in [4.69, 9.17) is 4.74 Å². The van der Waals surface area contributed by atoms with Crippen LogP contribution in [0.25, 0.3) is 0 Å². The number of nitrogens with zero attached hydrogens (tertiary/aromatic N) is 3. The Labute approximate surface area is 193 Å². The van der Waals surface area contributed by atoms with Crippen molar-refractivity contribution in [2.24, 2.45) is 0 Å². The lowest BCUT2D eigenvalue weighted by molar-refractivity contribution is 0.321. The maximum Gasteiger partial charge on any atom is 0.208 e. The highest BCUT2D eigenvalue weighted by atomic mass is 16.5. The summed E-state index contributed by atoms with van der Waals surface area (Å²) in [5.74, 6) is 1.70. The van der Waals surface area contributed by atoms with E-state index in [1.807, 2.05) is 54.5 Å². The summed E-state index contributed by atoms with van der Waals surface area (Å²) in [7, 11) is 4.10. The monoisotopic (exact) mass is 429 g/mol. The van der Waals surface area contributed by atoms with Crippen LogP contribution in [0.1, 0.15) is 56.4 Å². The predicted octanol–water partition coefficient (Wildman–Crippen LogP) is 6.52. The molecule has 0 saturated carbocycles. The van der Waals surface area contributed by atoms with Crippen molar-refractivity contribution >= 4 is 11.4 Å². The fraction of sp³-hybridized carbons (Fsp3) is 0.357. The van der Waals surface area contributed by atoms with E-state index >= 15 is 0 Å². The van der Waals surface area contributed by atoms with Crippen LogP contribution in [0.4, 0.5) is 11.4 Å². The number of pyridine rings is 1. The molecule has 3 rings (SSSR count). The van der Waals surface area contributed by atoms with E-state index in [1.54, 1.807) is 0 Å². The second-order valence-electron chi connectivity index (χ2n) is 8.70. The summed E-state index contributed by atoms with van der Waals surface area (Å²) in [4.78, 5) is 8.51. The molecule has 32 heavy (non-hydrogen) atoms. The van der Waals surface area contributed by atoms with Gasteiger partial charge in [-0.1, -0.05) is 64.1 Å². The van der Waals surface area contributed by atoms with Crippen LogP contribution in [-0.2, 0) is 6.42 Å². The Hall–Kier alpha value is -3.01. The molecule has 0 spiro atoms. The molecule has 3 aromatic rings. The molecular formula is C28H35N3O. The van der Waals surface area contributed by atoms with Gasteiger partial charge in [-0.3, -0.25) is 4.98 Å². The third-order valence-corrected chi connectivity index (χ3v) is 5.55. The van der Waals surface area contributed by atoms with Gasteiger partial charge in [0, 0.05) is 38.1 Å². The van der Waals surface area contributed by atoms with E-state index in [-0.39, 0.29) is 0 Å². The van der Waals surface area contributed by atoms with Crippen LogP contribution in [0.2, 0.25) is 0 Å². The smallest absolute Gasteiger partial charge is 0.208 e. The first kappa shape index (κ1) is 23.6. The molecule has 4 nitrogen and oxygen atoms in total. The molecule has 2 radical (unpaired) electrons. The second kappa shape index (κ2) is 11.0. The van der Waals surface area contributed by atoms with Crippen LogP contribution in [0.15, 0.2) is 66.9 Å². The molecule has 0 aliphatic carbocycles. The van der Waals surface area contributed by atoms with Gasteiger partial charge in [0.25, 0.3) is 0 Å². The molecule has 1 aromatic heterocycles.